The van der Waals surface area contributed by atoms with E-state index in [2.05, 4.69) is 9.69 Å². The molecule has 0 unspecified atom stereocenters. The number of aromatic nitrogens is 1. The molecule has 10 heteroatoms. The van der Waals surface area contributed by atoms with E-state index in [1.54, 1.807) is 24.3 Å². The summed E-state index contributed by atoms with van der Waals surface area (Å²) in [5, 5.41) is 3.26. The molecule has 1 aliphatic heterocycles. The molecule has 0 bridgehead atoms. The van der Waals surface area contributed by atoms with Crippen molar-refractivity contribution in [2.75, 3.05) is 13.2 Å². The van der Waals surface area contributed by atoms with Gasteiger partial charge in [-0.15, -0.1) is 0 Å². The Balaban J connectivity index is 1.76. The molecule has 144 valence electrons. The molecular weight excluding hydrogens is 435 g/mol. The van der Waals surface area contributed by atoms with E-state index in [4.69, 9.17) is 44.3 Å². The van der Waals surface area contributed by atoms with E-state index in [9.17, 15) is 9.59 Å². The molecule has 27 heavy (non-hydrogen) atoms. The number of ether oxygens (including phenoxy) is 2. The van der Waals surface area contributed by atoms with Crippen molar-refractivity contribution in [3.8, 4) is 0 Å². The van der Waals surface area contributed by atoms with Gasteiger partial charge in [-0.25, -0.2) is 4.79 Å². The van der Waals surface area contributed by atoms with Crippen LogP contribution in [-0.2, 0) is 14.3 Å². The molecule has 1 N–H and O–H groups in total. The first kappa shape index (κ1) is 20.4. The van der Waals surface area contributed by atoms with Gasteiger partial charge < -0.3 is 14.8 Å². The van der Waals surface area contributed by atoms with E-state index in [0.29, 0.717) is 23.7 Å². The molecule has 0 aliphatic carbocycles. The lowest BCUT2D eigenvalue weighted by Gasteiger charge is -2.19. The van der Waals surface area contributed by atoms with Crippen molar-refractivity contribution < 1.29 is 19.1 Å². The van der Waals surface area contributed by atoms with E-state index in [-0.39, 0.29) is 21.2 Å². The number of halogens is 3. The standard InChI is InChI=1S/C17H15Cl3N2O4S/c18-10-5-3-9(4-6-10)14(16(23)21-8-11-2-1-7-25-11)26-17(24)13-12(19)15(20)27-22-13/h3-6,11,14H,1-2,7-8H2,(H,21,23)/t11-,14+/m1/s1. The van der Waals surface area contributed by atoms with Crippen LogP contribution in [0, 0.1) is 0 Å². The summed E-state index contributed by atoms with van der Waals surface area (Å²) in [6, 6.07) is 6.44. The summed E-state index contributed by atoms with van der Waals surface area (Å²) in [4.78, 5) is 25.1. The van der Waals surface area contributed by atoms with Crippen LogP contribution in [-0.4, -0.2) is 35.5 Å². The van der Waals surface area contributed by atoms with Crippen molar-refractivity contribution in [2.45, 2.75) is 25.0 Å². The van der Waals surface area contributed by atoms with E-state index >= 15 is 0 Å². The Morgan fingerprint density at radius 3 is 2.63 bits per heavy atom. The van der Waals surface area contributed by atoms with Crippen molar-refractivity contribution in [1.29, 1.82) is 0 Å². The third kappa shape index (κ3) is 5.12. The lowest BCUT2D eigenvalue weighted by Crippen LogP contribution is -2.37. The predicted octanol–water partition coefficient (Wildman–Crippen LogP) is 4.30. The molecule has 1 aromatic carbocycles. The van der Waals surface area contributed by atoms with Gasteiger partial charge in [0.1, 0.15) is 9.36 Å². The van der Waals surface area contributed by atoms with Crippen LogP contribution < -0.4 is 5.32 Å². The van der Waals surface area contributed by atoms with Crippen LogP contribution in [0.3, 0.4) is 0 Å². The van der Waals surface area contributed by atoms with Crippen LogP contribution in [0.2, 0.25) is 14.4 Å². The van der Waals surface area contributed by atoms with Gasteiger partial charge in [-0.1, -0.05) is 46.9 Å². The van der Waals surface area contributed by atoms with Gasteiger partial charge >= 0.3 is 5.97 Å². The summed E-state index contributed by atoms with van der Waals surface area (Å²) in [6.07, 6.45) is 0.604. The summed E-state index contributed by atoms with van der Waals surface area (Å²) >= 11 is 18.6. The normalized spacial score (nSPS) is 17.5. The number of hydrogen-bond donors (Lipinski definition) is 1. The van der Waals surface area contributed by atoms with E-state index in [1.807, 2.05) is 0 Å². The van der Waals surface area contributed by atoms with E-state index in [1.165, 1.54) is 0 Å². The van der Waals surface area contributed by atoms with Crippen LogP contribution in [0.5, 0.6) is 0 Å². The summed E-state index contributed by atoms with van der Waals surface area (Å²) in [5.74, 6) is -1.31. The molecule has 0 radical (unpaired) electrons. The summed E-state index contributed by atoms with van der Waals surface area (Å²) in [6.45, 7) is 1.02. The minimum absolute atomic E-state index is 0.00119. The van der Waals surface area contributed by atoms with Gasteiger partial charge in [-0.05, 0) is 36.5 Å². The highest BCUT2D eigenvalue weighted by Gasteiger charge is 2.29. The molecule has 1 aliphatic rings. The first-order valence-corrected chi connectivity index (χ1v) is 10.0. The Kier molecular flexibility index (Phi) is 6.94. The Bertz CT molecular complexity index is 822. The van der Waals surface area contributed by atoms with Crippen molar-refractivity contribution >= 4 is 58.2 Å². The number of carbonyl (C=O) groups excluding carboxylic acids is 2. The molecule has 3 rings (SSSR count). The number of nitrogens with zero attached hydrogens (tertiary/aromatic N) is 1. The van der Waals surface area contributed by atoms with Gasteiger partial charge in [0.15, 0.2) is 5.69 Å². The average Bonchev–Trinajstić information content (AvgIpc) is 3.29. The summed E-state index contributed by atoms with van der Waals surface area (Å²) in [5.41, 5.74) is 0.340. The first-order valence-electron chi connectivity index (χ1n) is 8.12. The largest absolute Gasteiger partial charge is 0.442 e. The molecule has 1 saturated heterocycles. The SMILES string of the molecule is O=C(O[C@H](C(=O)NC[C@H]1CCCO1)c1ccc(Cl)cc1)c1nsc(Cl)c1Cl. The highest BCUT2D eigenvalue weighted by molar-refractivity contribution is 7.11. The number of amides is 1. The smallest absolute Gasteiger partial charge is 0.360 e. The summed E-state index contributed by atoms with van der Waals surface area (Å²) < 4.78 is 14.9. The quantitative estimate of drug-likeness (QED) is 0.665. The average molecular weight is 450 g/mol. The van der Waals surface area contributed by atoms with Gasteiger partial charge in [-0.2, -0.15) is 4.37 Å². The molecular formula is C17H15Cl3N2O4S. The molecule has 1 amide bonds. The minimum atomic E-state index is -1.19. The maximum atomic E-state index is 12.7. The molecule has 1 fully saturated rings. The fraction of sp³-hybridized carbons (Fsp3) is 0.353. The zero-order valence-corrected chi connectivity index (χ0v) is 17.0. The Morgan fingerprint density at radius 2 is 2.04 bits per heavy atom. The Labute approximate surface area is 174 Å². The van der Waals surface area contributed by atoms with Crippen LogP contribution in [0.1, 0.15) is 35.0 Å². The molecule has 6 nitrogen and oxygen atoms in total. The number of rotatable bonds is 6. The third-order valence-corrected chi connectivity index (χ3v) is 5.82. The zero-order chi connectivity index (χ0) is 19.4. The van der Waals surface area contributed by atoms with Crippen LogP contribution >= 0.6 is 46.3 Å². The number of esters is 1. The second kappa shape index (κ2) is 9.21. The van der Waals surface area contributed by atoms with Crippen LogP contribution in [0.25, 0.3) is 0 Å². The summed E-state index contributed by atoms with van der Waals surface area (Å²) in [7, 11) is 0. The third-order valence-electron chi connectivity index (χ3n) is 3.95. The Hall–Kier alpha value is -1.38. The topological polar surface area (TPSA) is 77.5 Å². The number of carbonyl (C=O) groups is 2. The van der Waals surface area contributed by atoms with Gasteiger partial charge in [0, 0.05) is 23.7 Å². The van der Waals surface area contributed by atoms with Gasteiger partial charge in [0.2, 0.25) is 6.10 Å². The monoisotopic (exact) mass is 448 g/mol. The second-order valence-electron chi connectivity index (χ2n) is 5.84. The molecule has 1 aromatic heterocycles. The van der Waals surface area contributed by atoms with Gasteiger partial charge in [-0.3, -0.25) is 4.79 Å². The molecule has 2 heterocycles. The van der Waals surface area contributed by atoms with Crippen molar-refractivity contribution in [2.24, 2.45) is 0 Å². The van der Waals surface area contributed by atoms with E-state index in [0.717, 1.165) is 24.4 Å². The number of nitrogens with one attached hydrogen (secondary N) is 1. The molecule has 2 atom stereocenters. The van der Waals surface area contributed by atoms with Gasteiger partial charge in [0.25, 0.3) is 5.91 Å². The highest BCUT2D eigenvalue weighted by Crippen LogP contribution is 2.31. The molecule has 2 aromatic rings. The van der Waals surface area contributed by atoms with Crippen molar-refractivity contribution in [3.63, 3.8) is 0 Å². The maximum Gasteiger partial charge on any atom is 0.360 e. The molecule has 0 spiro atoms. The second-order valence-corrected chi connectivity index (χ2v) is 8.03. The number of hydrogen-bond acceptors (Lipinski definition) is 6. The zero-order valence-electron chi connectivity index (χ0n) is 13.9. The minimum Gasteiger partial charge on any atom is -0.442 e. The first-order chi connectivity index (χ1) is 13.0. The number of benzene rings is 1. The van der Waals surface area contributed by atoms with Gasteiger partial charge in [0.05, 0.1) is 6.10 Å². The maximum absolute atomic E-state index is 12.7. The van der Waals surface area contributed by atoms with Crippen molar-refractivity contribution in [3.05, 3.63) is 49.9 Å². The Morgan fingerprint density at radius 1 is 1.30 bits per heavy atom. The van der Waals surface area contributed by atoms with Crippen LogP contribution in [0.4, 0.5) is 0 Å². The van der Waals surface area contributed by atoms with Crippen molar-refractivity contribution in [1.82, 2.24) is 9.69 Å². The van der Waals surface area contributed by atoms with E-state index < -0.39 is 18.0 Å². The highest BCUT2D eigenvalue weighted by atomic mass is 35.5. The molecule has 0 saturated carbocycles. The fourth-order valence-corrected chi connectivity index (χ4v) is 3.68. The lowest BCUT2D eigenvalue weighted by atomic mass is 10.1. The lowest BCUT2D eigenvalue weighted by molar-refractivity contribution is -0.130. The van der Waals surface area contributed by atoms with Crippen LogP contribution in [0.15, 0.2) is 24.3 Å². The fourth-order valence-electron chi connectivity index (χ4n) is 2.57. The predicted molar refractivity (Wildman–Crippen MR) is 104 cm³/mol.